The second-order valence-electron chi connectivity index (χ2n) is 3.48. The molecule has 1 fully saturated rings. The number of nitrogens with two attached hydrogens (primary N) is 1. The third kappa shape index (κ3) is 1.95. The van der Waals surface area contributed by atoms with Crippen LogP contribution < -0.4 is 5.73 Å². The largest absolute Gasteiger partial charge is 0.480 e. The minimum atomic E-state index is -0.799. The molecule has 70 valence electrons. The molecule has 0 saturated carbocycles. The predicted octanol–water partition coefficient (Wildman–Crippen LogP) is -0.260. The third-order valence-corrected chi connectivity index (χ3v) is 2.40. The molecule has 0 amide bonds. The molecule has 1 aliphatic heterocycles. The molecule has 1 heterocycles. The van der Waals surface area contributed by atoms with Gasteiger partial charge < -0.3 is 10.8 Å². The zero-order valence-electron chi connectivity index (χ0n) is 7.36. The average Bonchev–Trinajstić information content (AvgIpc) is 2.37. The van der Waals surface area contributed by atoms with Gasteiger partial charge in [0.2, 0.25) is 0 Å². The number of carboxylic acids is 1. The van der Waals surface area contributed by atoms with Crippen LogP contribution in [0, 0.1) is 5.92 Å². The minimum absolute atomic E-state index is 0.210. The molecule has 2 atom stereocenters. The summed E-state index contributed by atoms with van der Waals surface area (Å²) in [7, 11) is 0. The minimum Gasteiger partial charge on any atom is -0.480 e. The highest BCUT2D eigenvalue weighted by Gasteiger charge is 2.29. The topological polar surface area (TPSA) is 66.6 Å². The van der Waals surface area contributed by atoms with Crippen LogP contribution in [0.5, 0.6) is 0 Å². The first kappa shape index (κ1) is 9.48. The summed E-state index contributed by atoms with van der Waals surface area (Å²) in [4.78, 5) is 12.7. The van der Waals surface area contributed by atoms with Gasteiger partial charge in [0.1, 0.15) is 6.04 Å². The van der Waals surface area contributed by atoms with Crippen molar-refractivity contribution >= 4 is 5.97 Å². The monoisotopic (exact) mass is 172 g/mol. The van der Waals surface area contributed by atoms with Crippen molar-refractivity contribution in [3.8, 4) is 0 Å². The van der Waals surface area contributed by atoms with Gasteiger partial charge in [-0.05, 0) is 18.9 Å². The molecule has 1 saturated heterocycles. The zero-order valence-corrected chi connectivity index (χ0v) is 7.36. The van der Waals surface area contributed by atoms with Crippen molar-refractivity contribution in [1.29, 1.82) is 0 Å². The van der Waals surface area contributed by atoms with Crippen LogP contribution in [0.3, 0.4) is 0 Å². The second kappa shape index (κ2) is 3.87. The molecule has 1 aliphatic rings. The molecule has 3 N–H and O–H groups in total. The van der Waals surface area contributed by atoms with Crippen LogP contribution in [-0.4, -0.2) is 41.7 Å². The highest BCUT2D eigenvalue weighted by molar-refractivity contribution is 5.73. The lowest BCUT2D eigenvalue weighted by Gasteiger charge is -2.22. The molecule has 0 aromatic rings. The molecule has 0 aliphatic carbocycles. The summed E-state index contributed by atoms with van der Waals surface area (Å²) in [5.41, 5.74) is 5.38. The first-order valence-electron chi connectivity index (χ1n) is 4.32. The van der Waals surface area contributed by atoms with Crippen molar-refractivity contribution < 1.29 is 9.90 Å². The Morgan fingerprint density at radius 2 is 2.50 bits per heavy atom. The molecule has 1 rings (SSSR count). The van der Waals surface area contributed by atoms with Gasteiger partial charge >= 0.3 is 5.97 Å². The van der Waals surface area contributed by atoms with Crippen molar-refractivity contribution in [3.05, 3.63) is 0 Å². The lowest BCUT2D eigenvalue weighted by Crippen LogP contribution is -2.44. The van der Waals surface area contributed by atoms with Crippen molar-refractivity contribution in [3.63, 3.8) is 0 Å². The van der Waals surface area contributed by atoms with Crippen molar-refractivity contribution in [2.24, 2.45) is 11.7 Å². The maximum absolute atomic E-state index is 10.7. The standard InChI is InChI=1S/C8H16N2O2/c1-6-2-3-10(5-6)7(4-9)8(11)12/h6-7H,2-5,9H2,1H3,(H,11,12). The fourth-order valence-corrected chi connectivity index (χ4v) is 1.66. The fourth-order valence-electron chi connectivity index (χ4n) is 1.66. The molecule has 0 aromatic heterocycles. The van der Waals surface area contributed by atoms with Crippen LogP contribution in [0.2, 0.25) is 0 Å². The third-order valence-electron chi connectivity index (χ3n) is 2.40. The number of hydrogen-bond acceptors (Lipinski definition) is 3. The zero-order chi connectivity index (χ0) is 9.14. The van der Waals surface area contributed by atoms with Gasteiger partial charge in [-0.15, -0.1) is 0 Å². The number of likely N-dealkylation sites (tertiary alicyclic amines) is 1. The van der Waals surface area contributed by atoms with E-state index in [1.807, 2.05) is 4.90 Å². The molecule has 0 aromatic carbocycles. The van der Waals surface area contributed by atoms with Gasteiger partial charge in [0.05, 0.1) is 0 Å². The first-order valence-corrected chi connectivity index (χ1v) is 4.32. The van der Waals surface area contributed by atoms with Crippen molar-refractivity contribution in [1.82, 2.24) is 4.90 Å². The normalized spacial score (nSPS) is 27.3. The van der Waals surface area contributed by atoms with E-state index in [-0.39, 0.29) is 6.54 Å². The number of rotatable bonds is 3. The number of aliphatic carboxylic acids is 1. The van der Waals surface area contributed by atoms with E-state index in [0.717, 1.165) is 19.5 Å². The molecule has 4 nitrogen and oxygen atoms in total. The van der Waals surface area contributed by atoms with Crippen LogP contribution in [0.4, 0.5) is 0 Å². The number of carboxylic acid groups (broad SMARTS) is 1. The summed E-state index contributed by atoms with van der Waals surface area (Å²) in [5, 5.41) is 8.80. The van der Waals surface area contributed by atoms with Crippen LogP contribution in [-0.2, 0) is 4.79 Å². The van der Waals surface area contributed by atoms with Crippen LogP contribution >= 0.6 is 0 Å². The van der Waals surface area contributed by atoms with E-state index in [1.54, 1.807) is 0 Å². The van der Waals surface area contributed by atoms with Gasteiger partial charge in [0.15, 0.2) is 0 Å². The van der Waals surface area contributed by atoms with E-state index in [9.17, 15) is 4.79 Å². The Bertz CT molecular complexity index is 172. The Kier molecular flexibility index (Phi) is 3.05. The quantitative estimate of drug-likeness (QED) is 0.615. The van der Waals surface area contributed by atoms with E-state index < -0.39 is 12.0 Å². The highest BCUT2D eigenvalue weighted by Crippen LogP contribution is 2.17. The summed E-state index contributed by atoms with van der Waals surface area (Å²) in [6.45, 7) is 4.08. The van der Waals surface area contributed by atoms with Crippen molar-refractivity contribution in [2.75, 3.05) is 19.6 Å². The van der Waals surface area contributed by atoms with Gasteiger partial charge in [-0.1, -0.05) is 6.92 Å². The summed E-state index contributed by atoms with van der Waals surface area (Å²) >= 11 is 0. The Morgan fingerprint density at radius 3 is 2.83 bits per heavy atom. The maximum atomic E-state index is 10.7. The second-order valence-corrected chi connectivity index (χ2v) is 3.48. The number of carbonyl (C=O) groups is 1. The number of hydrogen-bond donors (Lipinski definition) is 2. The molecular formula is C8H16N2O2. The maximum Gasteiger partial charge on any atom is 0.322 e. The van der Waals surface area contributed by atoms with E-state index in [4.69, 9.17) is 10.8 Å². The summed E-state index contributed by atoms with van der Waals surface area (Å²) in [6.07, 6.45) is 1.09. The average molecular weight is 172 g/mol. The van der Waals surface area contributed by atoms with Crippen molar-refractivity contribution in [2.45, 2.75) is 19.4 Å². The molecular weight excluding hydrogens is 156 g/mol. The lowest BCUT2D eigenvalue weighted by molar-refractivity contribution is -0.142. The Balaban J connectivity index is 2.49. The Labute approximate surface area is 72.3 Å². The molecule has 0 spiro atoms. The Morgan fingerprint density at radius 1 is 1.83 bits per heavy atom. The summed E-state index contributed by atoms with van der Waals surface area (Å²) in [6, 6.07) is -0.477. The molecule has 12 heavy (non-hydrogen) atoms. The van der Waals surface area contributed by atoms with Crippen LogP contribution in [0.1, 0.15) is 13.3 Å². The van der Waals surface area contributed by atoms with E-state index in [1.165, 1.54) is 0 Å². The summed E-state index contributed by atoms with van der Waals surface area (Å²) in [5.74, 6) is -0.190. The molecule has 4 heteroatoms. The van der Waals surface area contributed by atoms with E-state index in [0.29, 0.717) is 5.92 Å². The van der Waals surface area contributed by atoms with Gasteiger partial charge in [-0.3, -0.25) is 9.69 Å². The Hall–Kier alpha value is -0.610. The molecule has 2 unspecified atom stereocenters. The molecule has 0 radical (unpaired) electrons. The SMILES string of the molecule is CC1CCN(C(CN)C(=O)O)C1. The van der Waals surface area contributed by atoms with E-state index in [2.05, 4.69) is 6.92 Å². The molecule has 0 bridgehead atoms. The van der Waals surface area contributed by atoms with Gasteiger partial charge in [0.25, 0.3) is 0 Å². The highest BCUT2D eigenvalue weighted by atomic mass is 16.4. The smallest absolute Gasteiger partial charge is 0.322 e. The fraction of sp³-hybridized carbons (Fsp3) is 0.875. The first-order chi connectivity index (χ1) is 5.65. The van der Waals surface area contributed by atoms with E-state index >= 15 is 0 Å². The lowest BCUT2D eigenvalue weighted by atomic mass is 10.2. The van der Waals surface area contributed by atoms with Gasteiger partial charge in [-0.2, -0.15) is 0 Å². The van der Waals surface area contributed by atoms with Crippen LogP contribution in [0.15, 0.2) is 0 Å². The van der Waals surface area contributed by atoms with Gasteiger partial charge in [-0.25, -0.2) is 0 Å². The summed E-state index contributed by atoms with van der Waals surface area (Å²) < 4.78 is 0. The van der Waals surface area contributed by atoms with Crippen LogP contribution in [0.25, 0.3) is 0 Å². The predicted molar refractivity (Wildman–Crippen MR) is 45.8 cm³/mol. The van der Waals surface area contributed by atoms with Gasteiger partial charge in [0, 0.05) is 13.1 Å². The number of nitrogens with zero attached hydrogens (tertiary/aromatic N) is 1.